The van der Waals surface area contributed by atoms with Gasteiger partial charge in [-0.1, -0.05) is 0 Å². The zero-order valence-electron chi connectivity index (χ0n) is 28.3. The van der Waals surface area contributed by atoms with Gasteiger partial charge in [-0.15, -0.1) is 0 Å². The molecule has 3 heterocycles. The zero-order valence-corrected chi connectivity index (χ0v) is 28.3. The van der Waals surface area contributed by atoms with Gasteiger partial charge >= 0.3 is 5.97 Å². The Labute approximate surface area is 281 Å². The first-order valence-electron chi connectivity index (χ1n) is 15.8. The molecule has 0 N–H and O–H groups in total. The Hall–Kier alpha value is -4.92. The lowest BCUT2D eigenvalue weighted by Gasteiger charge is -2.59. The topological polar surface area (TPSA) is 112 Å². The van der Waals surface area contributed by atoms with E-state index < -0.39 is 18.1 Å². The second kappa shape index (κ2) is 13.7. The first kappa shape index (κ1) is 33.0. The van der Waals surface area contributed by atoms with Crippen molar-refractivity contribution >= 4 is 12.0 Å². The molecule has 3 aliphatic heterocycles. The van der Waals surface area contributed by atoms with Gasteiger partial charge in [0, 0.05) is 29.8 Å². The van der Waals surface area contributed by atoms with Crippen molar-refractivity contribution in [3.05, 3.63) is 76.4 Å². The monoisotopic (exact) mass is 655 g/mol. The molecule has 5 atom stereocenters. The molecular weight excluding hydrogens is 614 g/mol. The summed E-state index contributed by atoms with van der Waals surface area (Å²) in [6.45, 7) is 0.0298. The average Bonchev–Trinajstić information content (AvgIpc) is 3.11. The molecule has 0 radical (unpaired) electrons. The fraction of sp³-hybridized carbons (Fsp3) is 0.405. The smallest absolute Gasteiger partial charge is 0.330 e. The van der Waals surface area contributed by atoms with Gasteiger partial charge in [0.15, 0.2) is 23.0 Å². The van der Waals surface area contributed by atoms with Crippen molar-refractivity contribution in [2.45, 2.75) is 43.1 Å². The number of esters is 1. The summed E-state index contributed by atoms with van der Waals surface area (Å²) in [6, 6.07) is 14.8. The van der Waals surface area contributed by atoms with Crippen LogP contribution in [0.1, 0.15) is 39.9 Å². The number of fused-ring (bicyclic) bond motifs is 7. The Bertz CT molecular complexity index is 1770. The summed E-state index contributed by atoms with van der Waals surface area (Å²) in [6.07, 6.45) is 4.34. The maximum atomic E-state index is 13.2. The van der Waals surface area contributed by atoms with Crippen LogP contribution in [0.5, 0.6) is 34.5 Å². The van der Waals surface area contributed by atoms with E-state index in [1.54, 1.807) is 60.9 Å². The molecule has 6 rings (SSSR count). The maximum absolute atomic E-state index is 13.2. The molecule has 48 heavy (non-hydrogen) atoms. The number of carbonyl (C=O) groups excluding carboxylic acids is 1. The van der Waals surface area contributed by atoms with E-state index in [1.807, 2.05) is 24.3 Å². The summed E-state index contributed by atoms with van der Waals surface area (Å²) in [4.78, 5) is 17.8. The summed E-state index contributed by atoms with van der Waals surface area (Å²) in [5, 5.41) is 10.8. The number of piperazine rings is 1. The van der Waals surface area contributed by atoms with E-state index in [0.717, 1.165) is 22.3 Å². The number of rotatable bonds is 10. The van der Waals surface area contributed by atoms with Gasteiger partial charge in [-0.25, -0.2) is 4.79 Å². The van der Waals surface area contributed by atoms with Crippen LogP contribution in [0.15, 0.2) is 48.5 Å². The van der Waals surface area contributed by atoms with Crippen molar-refractivity contribution < 1.29 is 38.0 Å². The largest absolute Gasteiger partial charge is 0.497 e. The minimum absolute atomic E-state index is 0.0298. The van der Waals surface area contributed by atoms with Crippen molar-refractivity contribution in [1.82, 2.24) is 9.80 Å². The van der Waals surface area contributed by atoms with E-state index in [9.17, 15) is 10.1 Å². The van der Waals surface area contributed by atoms with Gasteiger partial charge in [-0.05, 0) is 84.6 Å². The number of nitrogens with zero attached hydrogens (tertiary/aromatic N) is 3. The molecule has 0 spiro atoms. The van der Waals surface area contributed by atoms with E-state index in [0.29, 0.717) is 52.9 Å². The van der Waals surface area contributed by atoms with Gasteiger partial charge in [0.1, 0.15) is 24.1 Å². The molecule has 3 aliphatic rings. The molecule has 0 amide bonds. The van der Waals surface area contributed by atoms with Gasteiger partial charge in [0.05, 0.1) is 60.8 Å². The van der Waals surface area contributed by atoms with Crippen LogP contribution in [-0.4, -0.2) is 90.2 Å². The molecule has 3 aromatic carbocycles. The fourth-order valence-electron chi connectivity index (χ4n) is 7.67. The van der Waals surface area contributed by atoms with Crippen molar-refractivity contribution in [3.8, 4) is 40.6 Å². The number of carbonyl (C=O) groups is 1. The number of benzene rings is 3. The predicted molar refractivity (Wildman–Crippen MR) is 178 cm³/mol. The summed E-state index contributed by atoms with van der Waals surface area (Å²) in [5.41, 5.74) is 4.96. The van der Waals surface area contributed by atoms with Crippen molar-refractivity contribution in [3.63, 3.8) is 0 Å². The molecule has 11 heteroatoms. The van der Waals surface area contributed by atoms with Crippen LogP contribution in [0.4, 0.5) is 0 Å². The maximum Gasteiger partial charge on any atom is 0.330 e. The lowest BCUT2D eigenvalue weighted by atomic mass is 9.72. The fourth-order valence-corrected chi connectivity index (χ4v) is 7.67. The first-order valence-corrected chi connectivity index (χ1v) is 15.8. The second-order valence-corrected chi connectivity index (χ2v) is 12.1. The molecule has 2 bridgehead atoms. The molecule has 0 aliphatic carbocycles. The normalized spacial score (nSPS) is 22.8. The molecule has 11 nitrogen and oxygen atoms in total. The summed E-state index contributed by atoms with van der Waals surface area (Å²) < 4.78 is 39.5. The third kappa shape index (κ3) is 5.65. The Morgan fingerprint density at radius 3 is 1.98 bits per heavy atom. The lowest BCUT2D eigenvalue weighted by molar-refractivity contribution is -0.143. The van der Waals surface area contributed by atoms with Crippen LogP contribution in [0.25, 0.3) is 6.08 Å². The minimum Gasteiger partial charge on any atom is -0.497 e. The molecule has 252 valence electrons. The van der Waals surface area contributed by atoms with E-state index in [1.165, 1.54) is 6.08 Å². The number of likely N-dealkylation sites (N-methyl/N-ethyl adjacent to an activating group) is 1. The van der Waals surface area contributed by atoms with Gasteiger partial charge in [-0.2, -0.15) is 5.26 Å². The van der Waals surface area contributed by atoms with E-state index >= 15 is 0 Å². The highest BCUT2D eigenvalue weighted by Gasteiger charge is 2.54. The average molecular weight is 656 g/mol. The quantitative estimate of drug-likeness (QED) is 0.223. The van der Waals surface area contributed by atoms with Crippen LogP contribution in [0.3, 0.4) is 0 Å². The van der Waals surface area contributed by atoms with Crippen LogP contribution >= 0.6 is 0 Å². The SMILES string of the molecule is COc1ccc(/C=C/C(=O)OC[C@H]2c3cc(OC)c(OC)cc3C[C@H]3[C@H]4c5cc(OC)c(OC)cc5C[C@@H]([C@H](C#N)N23)N4C)c(OC)c1. The molecule has 0 aromatic heterocycles. The van der Waals surface area contributed by atoms with Crippen molar-refractivity contribution in [2.75, 3.05) is 56.3 Å². The van der Waals surface area contributed by atoms with Crippen molar-refractivity contribution in [2.24, 2.45) is 0 Å². The Morgan fingerprint density at radius 1 is 0.792 bits per heavy atom. The van der Waals surface area contributed by atoms with Crippen molar-refractivity contribution in [1.29, 1.82) is 5.26 Å². The molecule has 1 saturated heterocycles. The van der Waals surface area contributed by atoms with Crippen LogP contribution in [-0.2, 0) is 22.4 Å². The van der Waals surface area contributed by atoms with Crippen LogP contribution in [0, 0.1) is 11.3 Å². The van der Waals surface area contributed by atoms with Crippen LogP contribution in [0.2, 0.25) is 0 Å². The van der Waals surface area contributed by atoms with E-state index in [2.05, 4.69) is 29.0 Å². The number of hydrogen-bond donors (Lipinski definition) is 0. The third-order valence-electron chi connectivity index (χ3n) is 9.94. The van der Waals surface area contributed by atoms with Crippen LogP contribution < -0.4 is 28.4 Å². The summed E-state index contributed by atoms with van der Waals surface area (Å²) in [5.74, 6) is 3.22. The zero-order chi connectivity index (χ0) is 34.1. The van der Waals surface area contributed by atoms with E-state index in [-0.39, 0.29) is 24.7 Å². The molecule has 0 saturated carbocycles. The summed E-state index contributed by atoms with van der Waals surface area (Å²) in [7, 11) is 11.7. The number of ether oxygens (including phenoxy) is 7. The van der Waals surface area contributed by atoms with Gasteiger partial charge in [-0.3, -0.25) is 9.80 Å². The lowest BCUT2D eigenvalue weighted by Crippen LogP contribution is -2.68. The molecule has 3 aromatic rings. The minimum atomic E-state index is -0.512. The highest BCUT2D eigenvalue weighted by molar-refractivity contribution is 5.87. The number of hydrogen-bond acceptors (Lipinski definition) is 11. The van der Waals surface area contributed by atoms with Gasteiger partial charge in [0.2, 0.25) is 0 Å². The first-order chi connectivity index (χ1) is 23.3. The third-order valence-corrected chi connectivity index (χ3v) is 9.94. The standard InChI is InChI=1S/C37H41N3O8/c1-39-27-12-23-15-33(45-5)35(47-7)18-26(23)37(39)28-13-22-14-32(44-4)34(46-6)17-25(22)30(40(28)29(27)19-38)20-48-36(41)11-9-21-8-10-24(42-2)16-31(21)43-3/h8-11,14-18,27-30,37H,12-13,20H2,1-7H3/b11-9+/t27-,28-,29-,30-,37+/m0/s1. The van der Waals surface area contributed by atoms with E-state index in [4.69, 9.17) is 33.2 Å². The summed E-state index contributed by atoms with van der Waals surface area (Å²) >= 11 is 0. The Morgan fingerprint density at radius 2 is 1.38 bits per heavy atom. The Kier molecular flexibility index (Phi) is 9.40. The molecule has 0 unspecified atom stereocenters. The molecule has 1 fully saturated rings. The van der Waals surface area contributed by atoms with Gasteiger partial charge in [0.25, 0.3) is 0 Å². The second-order valence-electron chi connectivity index (χ2n) is 12.1. The highest BCUT2D eigenvalue weighted by Crippen LogP contribution is 2.52. The number of nitriles is 1. The van der Waals surface area contributed by atoms with Gasteiger partial charge < -0.3 is 33.2 Å². The highest BCUT2D eigenvalue weighted by atomic mass is 16.5. The number of methoxy groups -OCH3 is 6. The predicted octanol–water partition coefficient (Wildman–Crippen LogP) is 4.77. The Balaban J connectivity index is 1.39. The molecular formula is C37H41N3O8.